The minimum atomic E-state index is -0.309. The highest BCUT2D eigenvalue weighted by Gasteiger charge is 2.25. The van der Waals surface area contributed by atoms with E-state index in [0.29, 0.717) is 79.6 Å². The van der Waals surface area contributed by atoms with E-state index in [0.717, 1.165) is 12.8 Å². The number of fused-ring (bicyclic) bond motifs is 2. The number of rotatable bonds is 7. The molecular formula is C32H38O6. The molecule has 4 aromatic carbocycles. The molecule has 38 heavy (non-hydrogen) atoms. The van der Waals surface area contributed by atoms with Gasteiger partial charge in [-0.3, -0.25) is 0 Å². The summed E-state index contributed by atoms with van der Waals surface area (Å²) >= 11 is 0. The number of phenolic OH excluding ortho intramolecular Hbond substituents is 6. The minimum Gasteiger partial charge on any atom is -0.507 e. The van der Waals surface area contributed by atoms with Gasteiger partial charge in [0, 0.05) is 33.0 Å². The van der Waals surface area contributed by atoms with E-state index in [4.69, 9.17) is 0 Å². The van der Waals surface area contributed by atoms with Crippen LogP contribution in [0.3, 0.4) is 0 Å². The highest BCUT2D eigenvalue weighted by atomic mass is 16.3. The summed E-state index contributed by atoms with van der Waals surface area (Å²) in [6.07, 6.45) is 2.67. The van der Waals surface area contributed by atoms with E-state index >= 15 is 0 Å². The standard InChI is InChI=1S/C32H38O6/c1-15(2)7-9-19-21-11-17(5)27(31(37)23(21)13-25(33)29(19)35)28-18(6)12-22-20(10-8-16(3)4)30(36)26(34)14-24(22)32(28)38/h11-16,33-38H,7-10H2,1-6H3. The van der Waals surface area contributed by atoms with Crippen molar-refractivity contribution >= 4 is 21.5 Å². The first-order chi connectivity index (χ1) is 17.8. The largest absolute Gasteiger partial charge is 0.507 e. The van der Waals surface area contributed by atoms with E-state index in [1.54, 1.807) is 0 Å². The van der Waals surface area contributed by atoms with Crippen LogP contribution in [0.25, 0.3) is 32.7 Å². The first-order valence-electron chi connectivity index (χ1n) is 13.2. The fourth-order valence-corrected chi connectivity index (χ4v) is 5.40. The smallest absolute Gasteiger partial charge is 0.161 e. The highest BCUT2D eigenvalue weighted by molar-refractivity contribution is 6.05. The van der Waals surface area contributed by atoms with Gasteiger partial charge in [-0.1, -0.05) is 39.8 Å². The maximum Gasteiger partial charge on any atom is 0.161 e. The summed E-state index contributed by atoms with van der Waals surface area (Å²) < 4.78 is 0. The molecular weight excluding hydrogens is 480 g/mol. The van der Waals surface area contributed by atoms with Gasteiger partial charge in [0.15, 0.2) is 23.0 Å². The predicted octanol–water partition coefficient (Wildman–Crippen LogP) is 7.69. The third-order valence-electron chi connectivity index (χ3n) is 7.54. The third-order valence-corrected chi connectivity index (χ3v) is 7.54. The van der Waals surface area contributed by atoms with E-state index < -0.39 is 0 Å². The van der Waals surface area contributed by atoms with E-state index in [-0.39, 0.29) is 34.5 Å². The Hall–Kier alpha value is -3.80. The summed E-state index contributed by atoms with van der Waals surface area (Å²) in [5.41, 5.74) is 3.34. The van der Waals surface area contributed by atoms with Crippen molar-refractivity contribution in [1.82, 2.24) is 0 Å². The Morgan fingerprint density at radius 2 is 0.842 bits per heavy atom. The quantitative estimate of drug-likeness (QED) is 0.140. The molecule has 0 aliphatic carbocycles. The number of aryl methyl sites for hydroxylation is 4. The first kappa shape index (κ1) is 27.2. The molecule has 0 heterocycles. The zero-order chi connectivity index (χ0) is 28.0. The molecule has 0 bridgehead atoms. The van der Waals surface area contributed by atoms with Crippen molar-refractivity contribution in [3.05, 3.63) is 46.5 Å². The summed E-state index contributed by atoms with van der Waals surface area (Å²) in [4.78, 5) is 0. The van der Waals surface area contributed by atoms with Crippen LogP contribution in [-0.4, -0.2) is 30.6 Å². The van der Waals surface area contributed by atoms with Gasteiger partial charge in [-0.25, -0.2) is 0 Å². The molecule has 6 heteroatoms. The van der Waals surface area contributed by atoms with Crippen molar-refractivity contribution in [3.8, 4) is 45.6 Å². The molecule has 0 unspecified atom stereocenters. The lowest BCUT2D eigenvalue weighted by molar-refractivity contribution is 0.398. The Labute approximate surface area is 223 Å². The zero-order valence-electron chi connectivity index (χ0n) is 23.0. The molecule has 4 rings (SSSR count). The van der Waals surface area contributed by atoms with Crippen LogP contribution < -0.4 is 0 Å². The molecule has 0 atom stereocenters. The topological polar surface area (TPSA) is 121 Å². The second-order valence-corrected chi connectivity index (χ2v) is 11.3. The molecule has 0 radical (unpaired) electrons. The van der Waals surface area contributed by atoms with Crippen molar-refractivity contribution in [2.24, 2.45) is 11.8 Å². The van der Waals surface area contributed by atoms with Crippen LogP contribution in [0.5, 0.6) is 34.5 Å². The van der Waals surface area contributed by atoms with E-state index in [9.17, 15) is 30.6 Å². The first-order valence-corrected chi connectivity index (χ1v) is 13.2. The van der Waals surface area contributed by atoms with Crippen LogP contribution in [0.2, 0.25) is 0 Å². The number of phenols is 6. The Balaban J connectivity index is 2.01. The van der Waals surface area contributed by atoms with Gasteiger partial charge >= 0.3 is 0 Å². The van der Waals surface area contributed by atoms with Crippen LogP contribution in [0.4, 0.5) is 0 Å². The summed E-state index contributed by atoms with van der Waals surface area (Å²) in [6.45, 7) is 12.0. The summed E-state index contributed by atoms with van der Waals surface area (Å²) in [5.74, 6) is -0.424. The second-order valence-electron chi connectivity index (χ2n) is 11.3. The minimum absolute atomic E-state index is 0.109. The normalized spacial score (nSPS) is 11.9. The molecule has 202 valence electrons. The second kappa shape index (κ2) is 10.2. The van der Waals surface area contributed by atoms with Crippen LogP contribution in [0, 0.1) is 25.7 Å². The van der Waals surface area contributed by atoms with Crippen molar-refractivity contribution in [3.63, 3.8) is 0 Å². The SMILES string of the molecule is Cc1cc2c(CCC(C)C)c(O)c(O)cc2c(O)c1-c1c(C)cc2c(CCC(C)C)c(O)c(O)cc2c1O. The molecule has 0 aliphatic rings. The van der Waals surface area contributed by atoms with Crippen LogP contribution in [0.1, 0.15) is 62.8 Å². The van der Waals surface area contributed by atoms with Crippen molar-refractivity contribution in [1.29, 1.82) is 0 Å². The van der Waals surface area contributed by atoms with E-state index in [1.165, 1.54) is 12.1 Å². The lowest BCUT2D eigenvalue weighted by Crippen LogP contribution is -1.98. The van der Waals surface area contributed by atoms with Crippen LogP contribution >= 0.6 is 0 Å². The molecule has 0 fully saturated rings. The average Bonchev–Trinajstić information content (AvgIpc) is 2.83. The van der Waals surface area contributed by atoms with Gasteiger partial charge in [0.25, 0.3) is 0 Å². The fraction of sp³-hybridized carbons (Fsp3) is 0.375. The van der Waals surface area contributed by atoms with Gasteiger partial charge in [-0.15, -0.1) is 0 Å². The maximum atomic E-state index is 11.5. The summed E-state index contributed by atoms with van der Waals surface area (Å²) in [7, 11) is 0. The lowest BCUT2D eigenvalue weighted by Gasteiger charge is -2.21. The molecule has 6 N–H and O–H groups in total. The Morgan fingerprint density at radius 1 is 0.500 bits per heavy atom. The van der Waals surface area contributed by atoms with Crippen molar-refractivity contribution in [2.75, 3.05) is 0 Å². The van der Waals surface area contributed by atoms with E-state index in [2.05, 4.69) is 27.7 Å². The number of aromatic hydroxyl groups is 6. The molecule has 0 amide bonds. The lowest BCUT2D eigenvalue weighted by atomic mass is 9.86. The van der Waals surface area contributed by atoms with Gasteiger partial charge in [0.1, 0.15) is 11.5 Å². The number of hydrogen-bond donors (Lipinski definition) is 6. The molecule has 0 saturated heterocycles. The number of hydrogen-bond acceptors (Lipinski definition) is 6. The van der Waals surface area contributed by atoms with Gasteiger partial charge in [0.2, 0.25) is 0 Å². The summed E-state index contributed by atoms with van der Waals surface area (Å²) in [5, 5.41) is 67.3. The van der Waals surface area contributed by atoms with Gasteiger partial charge in [0.05, 0.1) is 0 Å². The van der Waals surface area contributed by atoms with Crippen LogP contribution in [-0.2, 0) is 12.8 Å². The molecule has 4 aromatic rings. The maximum absolute atomic E-state index is 11.5. The average molecular weight is 519 g/mol. The van der Waals surface area contributed by atoms with Gasteiger partial charge in [-0.05, 0) is 85.4 Å². The Morgan fingerprint density at radius 3 is 1.16 bits per heavy atom. The molecule has 0 aromatic heterocycles. The summed E-state index contributed by atoms with van der Waals surface area (Å²) in [6, 6.07) is 6.43. The van der Waals surface area contributed by atoms with Crippen LogP contribution in [0.15, 0.2) is 24.3 Å². The molecule has 0 saturated carbocycles. The predicted molar refractivity (Wildman–Crippen MR) is 153 cm³/mol. The van der Waals surface area contributed by atoms with Crippen molar-refractivity contribution < 1.29 is 30.6 Å². The monoisotopic (exact) mass is 518 g/mol. The van der Waals surface area contributed by atoms with Gasteiger partial charge in [-0.2, -0.15) is 0 Å². The molecule has 0 spiro atoms. The van der Waals surface area contributed by atoms with Gasteiger partial charge < -0.3 is 30.6 Å². The van der Waals surface area contributed by atoms with Crippen molar-refractivity contribution in [2.45, 2.75) is 67.2 Å². The number of benzene rings is 4. The fourth-order valence-electron chi connectivity index (χ4n) is 5.40. The highest BCUT2D eigenvalue weighted by Crippen LogP contribution is 2.51. The Bertz CT molecular complexity index is 1430. The third kappa shape index (κ3) is 4.64. The molecule has 0 aliphatic heterocycles. The Kier molecular flexibility index (Phi) is 7.29. The van der Waals surface area contributed by atoms with E-state index in [1.807, 2.05) is 26.0 Å². The molecule has 6 nitrogen and oxygen atoms in total. The zero-order valence-corrected chi connectivity index (χ0v) is 23.0.